The fourth-order valence-electron chi connectivity index (χ4n) is 2.46. The third-order valence-corrected chi connectivity index (χ3v) is 3.75. The van der Waals surface area contributed by atoms with Gasteiger partial charge in [-0.15, -0.1) is 0 Å². The number of carboxylic acids is 2. The molecule has 0 aliphatic heterocycles. The average molecular weight is 303 g/mol. The maximum Gasteiger partial charge on any atom is 0.335 e. The second-order valence-corrected chi connectivity index (χ2v) is 5.21. The summed E-state index contributed by atoms with van der Waals surface area (Å²) in [4.78, 5) is 34.1. The normalized spacial score (nSPS) is 20.4. The van der Waals surface area contributed by atoms with Crippen LogP contribution < -0.4 is 5.32 Å². The third-order valence-electron chi connectivity index (χ3n) is 3.75. The lowest BCUT2D eigenvalue weighted by Crippen LogP contribution is -2.38. The van der Waals surface area contributed by atoms with Crippen LogP contribution in [0.15, 0.2) is 36.4 Å². The first kappa shape index (κ1) is 15.8. The van der Waals surface area contributed by atoms with Crippen molar-refractivity contribution in [1.29, 1.82) is 0 Å². The van der Waals surface area contributed by atoms with E-state index in [-0.39, 0.29) is 18.0 Å². The molecule has 0 fully saturated rings. The molecule has 22 heavy (non-hydrogen) atoms. The Morgan fingerprint density at radius 3 is 2.14 bits per heavy atom. The second-order valence-electron chi connectivity index (χ2n) is 5.21. The highest BCUT2D eigenvalue weighted by atomic mass is 16.4. The van der Waals surface area contributed by atoms with E-state index in [9.17, 15) is 14.4 Å². The van der Waals surface area contributed by atoms with Crippen LogP contribution in [0.4, 0.5) is 0 Å². The summed E-state index contributed by atoms with van der Waals surface area (Å²) in [6.45, 7) is 0.241. The van der Waals surface area contributed by atoms with Gasteiger partial charge in [0.25, 0.3) is 0 Å². The van der Waals surface area contributed by atoms with Crippen LogP contribution in [-0.4, -0.2) is 28.1 Å². The van der Waals surface area contributed by atoms with Gasteiger partial charge >= 0.3 is 11.9 Å². The molecule has 0 unspecified atom stereocenters. The summed E-state index contributed by atoms with van der Waals surface area (Å²) in [5.41, 5.74) is 0.940. The maximum atomic E-state index is 12.2. The Labute approximate surface area is 127 Å². The standard InChI is InChI=1S/C16H17NO5/c18-14(12-3-1-2-4-13(12)16(21)22)17-9-10-5-7-11(8-6-10)15(19)20/h1-2,5-8,12-13H,3-4,9H2,(H,17,18)(H,19,20)(H,21,22)/t12-,13+/m1/s1. The summed E-state index contributed by atoms with van der Waals surface area (Å²) < 4.78 is 0. The highest BCUT2D eigenvalue weighted by molar-refractivity contribution is 5.87. The SMILES string of the molecule is O=C(O)c1ccc(CNC(=O)[C@@H]2CC=CC[C@@H]2C(=O)O)cc1. The Morgan fingerprint density at radius 1 is 1.00 bits per heavy atom. The van der Waals surface area contributed by atoms with Gasteiger partial charge in [0, 0.05) is 6.54 Å². The van der Waals surface area contributed by atoms with Gasteiger partial charge in [0.2, 0.25) is 5.91 Å². The van der Waals surface area contributed by atoms with Gasteiger partial charge in [0.15, 0.2) is 0 Å². The molecule has 6 nitrogen and oxygen atoms in total. The highest BCUT2D eigenvalue weighted by Crippen LogP contribution is 2.26. The van der Waals surface area contributed by atoms with Gasteiger partial charge in [-0.3, -0.25) is 9.59 Å². The molecule has 0 saturated heterocycles. The van der Waals surface area contributed by atoms with E-state index in [0.717, 1.165) is 5.56 Å². The zero-order chi connectivity index (χ0) is 16.1. The van der Waals surface area contributed by atoms with E-state index in [2.05, 4.69) is 5.32 Å². The first-order chi connectivity index (χ1) is 10.5. The van der Waals surface area contributed by atoms with Crippen molar-refractivity contribution >= 4 is 17.8 Å². The molecule has 1 amide bonds. The van der Waals surface area contributed by atoms with Crippen LogP contribution >= 0.6 is 0 Å². The largest absolute Gasteiger partial charge is 0.481 e. The van der Waals surface area contributed by atoms with Crippen molar-refractivity contribution < 1.29 is 24.6 Å². The van der Waals surface area contributed by atoms with Crippen molar-refractivity contribution in [1.82, 2.24) is 5.32 Å². The van der Waals surface area contributed by atoms with E-state index in [1.165, 1.54) is 12.1 Å². The molecule has 1 aliphatic carbocycles. The summed E-state index contributed by atoms with van der Waals surface area (Å²) in [5.74, 6) is -3.52. The predicted molar refractivity (Wildman–Crippen MR) is 78.2 cm³/mol. The van der Waals surface area contributed by atoms with Crippen LogP contribution in [0.3, 0.4) is 0 Å². The van der Waals surface area contributed by atoms with Crippen molar-refractivity contribution in [3.63, 3.8) is 0 Å². The van der Waals surface area contributed by atoms with E-state index >= 15 is 0 Å². The number of nitrogens with one attached hydrogen (secondary N) is 1. The molecule has 0 heterocycles. The van der Waals surface area contributed by atoms with Crippen LogP contribution in [0.5, 0.6) is 0 Å². The maximum absolute atomic E-state index is 12.2. The molecule has 116 valence electrons. The number of carbonyl (C=O) groups is 3. The molecule has 3 N–H and O–H groups in total. The molecule has 1 aliphatic rings. The van der Waals surface area contributed by atoms with Crippen LogP contribution in [0, 0.1) is 11.8 Å². The Balaban J connectivity index is 1.95. The molecule has 0 radical (unpaired) electrons. The third kappa shape index (κ3) is 3.72. The van der Waals surface area contributed by atoms with Gasteiger partial charge < -0.3 is 15.5 Å². The molecule has 1 aromatic carbocycles. The molecule has 0 saturated carbocycles. The number of aliphatic carboxylic acids is 1. The summed E-state index contributed by atoms with van der Waals surface area (Å²) in [6, 6.07) is 6.18. The van der Waals surface area contributed by atoms with Gasteiger partial charge in [0.1, 0.15) is 0 Å². The molecule has 2 rings (SSSR count). The van der Waals surface area contributed by atoms with Gasteiger partial charge in [-0.25, -0.2) is 4.79 Å². The number of aromatic carboxylic acids is 1. The van der Waals surface area contributed by atoms with Crippen LogP contribution in [0.2, 0.25) is 0 Å². The van der Waals surface area contributed by atoms with Crippen LogP contribution in [-0.2, 0) is 16.1 Å². The first-order valence-electron chi connectivity index (χ1n) is 6.97. The molecule has 2 atom stereocenters. The lowest BCUT2D eigenvalue weighted by molar-refractivity contribution is -0.147. The first-order valence-corrected chi connectivity index (χ1v) is 6.97. The van der Waals surface area contributed by atoms with Crippen LogP contribution in [0.1, 0.15) is 28.8 Å². The predicted octanol–water partition coefficient (Wildman–Crippen LogP) is 1.67. The van der Waals surface area contributed by atoms with E-state index in [1.807, 2.05) is 6.08 Å². The van der Waals surface area contributed by atoms with E-state index in [0.29, 0.717) is 12.8 Å². The van der Waals surface area contributed by atoms with Gasteiger partial charge in [-0.2, -0.15) is 0 Å². The minimum absolute atomic E-state index is 0.179. The van der Waals surface area contributed by atoms with Gasteiger partial charge in [-0.05, 0) is 30.5 Å². The molecular formula is C16H17NO5. The van der Waals surface area contributed by atoms with Gasteiger partial charge in [0.05, 0.1) is 17.4 Å². The zero-order valence-corrected chi connectivity index (χ0v) is 11.9. The Bertz CT molecular complexity index is 605. The topological polar surface area (TPSA) is 104 Å². The second kappa shape index (κ2) is 6.89. The van der Waals surface area contributed by atoms with Crippen LogP contribution in [0.25, 0.3) is 0 Å². The van der Waals surface area contributed by atoms with Crippen molar-refractivity contribution in [2.45, 2.75) is 19.4 Å². The summed E-state index contributed by atoms with van der Waals surface area (Å²) in [5, 5.41) is 20.7. The van der Waals surface area contributed by atoms with E-state index in [1.54, 1.807) is 18.2 Å². The molecule has 1 aromatic rings. The zero-order valence-electron chi connectivity index (χ0n) is 11.9. The minimum Gasteiger partial charge on any atom is -0.481 e. The molecule has 6 heteroatoms. The molecule has 0 spiro atoms. The minimum atomic E-state index is -1.01. The Kier molecular flexibility index (Phi) is 4.93. The number of allylic oxidation sites excluding steroid dienone is 2. The summed E-state index contributed by atoms with van der Waals surface area (Å²) in [6.07, 6.45) is 4.39. The summed E-state index contributed by atoms with van der Waals surface area (Å²) >= 11 is 0. The number of carbonyl (C=O) groups excluding carboxylic acids is 1. The number of benzene rings is 1. The van der Waals surface area contributed by atoms with E-state index < -0.39 is 23.8 Å². The quantitative estimate of drug-likeness (QED) is 0.718. The monoisotopic (exact) mass is 303 g/mol. The van der Waals surface area contributed by atoms with Crippen molar-refractivity contribution in [3.05, 3.63) is 47.5 Å². The van der Waals surface area contributed by atoms with Gasteiger partial charge in [-0.1, -0.05) is 24.3 Å². The number of amides is 1. The summed E-state index contributed by atoms with van der Waals surface area (Å²) in [7, 11) is 0. The van der Waals surface area contributed by atoms with Crippen molar-refractivity contribution in [2.24, 2.45) is 11.8 Å². The lowest BCUT2D eigenvalue weighted by atomic mass is 9.82. The fourth-order valence-corrected chi connectivity index (χ4v) is 2.46. The van der Waals surface area contributed by atoms with E-state index in [4.69, 9.17) is 10.2 Å². The highest BCUT2D eigenvalue weighted by Gasteiger charge is 2.33. The Hall–Kier alpha value is -2.63. The van der Waals surface area contributed by atoms with Crippen molar-refractivity contribution in [3.8, 4) is 0 Å². The fraction of sp³-hybridized carbons (Fsp3) is 0.312. The number of carboxylic acid groups (broad SMARTS) is 2. The number of hydrogen-bond donors (Lipinski definition) is 3. The molecule has 0 aromatic heterocycles. The Morgan fingerprint density at radius 2 is 1.59 bits per heavy atom. The smallest absolute Gasteiger partial charge is 0.335 e. The van der Waals surface area contributed by atoms with Crippen molar-refractivity contribution in [2.75, 3.05) is 0 Å². The number of rotatable bonds is 5. The molecular weight excluding hydrogens is 286 g/mol. The average Bonchev–Trinajstić information content (AvgIpc) is 2.53. The lowest BCUT2D eigenvalue weighted by Gasteiger charge is -2.24. The number of hydrogen-bond acceptors (Lipinski definition) is 3. The molecule has 0 bridgehead atoms.